The Balaban J connectivity index is 2.43. The lowest BCUT2D eigenvalue weighted by molar-refractivity contribution is 0.152. The van der Waals surface area contributed by atoms with Gasteiger partial charge in [-0.15, -0.1) is 0 Å². The summed E-state index contributed by atoms with van der Waals surface area (Å²) in [6, 6.07) is 7.24. The van der Waals surface area contributed by atoms with Crippen LogP contribution in [-0.4, -0.2) is 6.54 Å². The maximum Gasteiger partial charge on any atom is 0.128 e. The van der Waals surface area contributed by atoms with Gasteiger partial charge < -0.3 is 5.32 Å². The normalized spacial score (nSPS) is 29.2. The fourth-order valence-corrected chi connectivity index (χ4v) is 3.24. The zero-order chi connectivity index (χ0) is 12.3. The first-order chi connectivity index (χ1) is 8.20. The Morgan fingerprint density at radius 1 is 1.35 bits per heavy atom. The molecule has 2 atom stereocenters. The molecule has 1 nitrogen and oxygen atoms in total. The molecular formula is C15H22FN. The molecule has 1 fully saturated rings. The Hall–Kier alpha value is -0.890. The van der Waals surface area contributed by atoms with E-state index in [9.17, 15) is 4.39 Å². The molecule has 0 saturated heterocycles. The molecule has 0 spiro atoms. The van der Waals surface area contributed by atoms with E-state index >= 15 is 0 Å². The van der Waals surface area contributed by atoms with E-state index in [4.69, 9.17) is 0 Å². The van der Waals surface area contributed by atoms with Crippen LogP contribution in [0.25, 0.3) is 0 Å². The lowest BCUT2D eigenvalue weighted by Gasteiger charge is -2.44. The fourth-order valence-electron chi connectivity index (χ4n) is 3.24. The van der Waals surface area contributed by atoms with Crippen LogP contribution in [0.1, 0.15) is 45.1 Å². The highest BCUT2D eigenvalue weighted by Gasteiger charge is 2.40. The second-order valence-electron chi connectivity index (χ2n) is 5.13. The smallest absolute Gasteiger partial charge is 0.128 e. The van der Waals surface area contributed by atoms with Gasteiger partial charge in [0.05, 0.1) is 0 Å². The standard InChI is InChI=1S/C15H22FN/c1-3-17-15(11-7-6-8-12(15)2)13-9-4-5-10-14(13)16/h4-5,9-10,12,17H,3,6-8,11H2,1-2H3/t12?,15-/m0/s1. The van der Waals surface area contributed by atoms with Crippen LogP contribution in [0.15, 0.2) is 24.3 Å². The van der Waals surface area contributed by atoms with Crippen molar-refractivity contribution in [1.29, 1.82) is 0 Å². The number of hydrogen-bond acceptors (Lipinski definition) is 1. The van der Waals surface area contributed by atoms with Gasteiger partial charge in [0, 0.05) is 11.1 Å². The van der Waals surface area contributed by atoms with Crippen LogP contribution in [0.3, 0.4) is 0 Å². The Morgan fingerprint density at radius 3 is 2.76 bits per heavy atom. The van der Waals surface area contributed by atoms with Gasteiger partial charge in [-0.2, -0.15) is 0 Å². The molecule has 0 heterocycles. The second kappa shape index (κ2) is 5.18. The molecule has 1 unspecified atom stereocenters. The minimum absolute atomic E-state index is 0.0674. The Kier molecular flexibility index (Phi) is 3.82. The molecule has 2 heteroatoms. The van der Waals surface area contributed by atoms with Gasteiger partial charge in [-0.05, 0) is 31.4 Å². The molecule has 17 heavy (non-hydrogen) atoms. The Bertz CT molecular complexity index is 373. The molecule has 94 valence electrons. The summed E-state index contributed by atoms with van der Waals surface area (Å²) in [6.07, 6.45) is 4.68. The van der Waals surface area contributed by atoms with E-state index in [1.807, 2.05) is 12.1 Å². The van der Waals surface area contributed by atoms with Crippen molar-refractivity contribution in [3.8, 4) is 0 Å². The van der Waals surface area contributed by atoms with Crippen molar-refractivity contribution in [2.45, 2.75) is 45.1 Å². The predicted octanol–water partition coefficient (Wildman–Crippen LogP) is 3.84. The molecule has 1 aliphatic carbocycles. The molecule has 1 aromatic carbocycles. The third kappa shape index (κ3) is 2.23. The molecule has 1 saturated carbocycles. The number of nitrogens with one attached hydrogen (secondary N) is 1. The van der Waals surface area contributed by atoms with Crippen LogP contribution in [0.2, 0.25) is 0 Å². The molecule has 1 N–H and O–H groups in total. The highest BCUT2D eigenvalue weighted by molar-refractivity contribution is 5.28. The van der Waals surface area contributed by atoms with Gasteiger partial charge in [-0.1, -0.05) is 44.9 Å². The second-order valence-corrected chi connectivity index (χ2v) is 5.13. The maximum absolute atomic E-state index is 14.1. The first-order valence-electron chi connectivity index (χ1n) is 6.70. The third-order valence-corrected chi connectivity index (χ3v) is 4.15. The lowest BCUT2D eigenvalue weighted by Crippen LogP contribution is -2.49. The first-order valence-corrected chi connectivity index (χ1v) is 6.70. The van der Waals surface area contributed by atoms with Gasteiger partial charge >= 0.3 is 0 Å². The van der Waals surface area contributed by atoms with Crippen molar-refractivity contribution in [3.63, 3.8) is 0 Å². The Labute approximate surface area is 103 Å². The average Bonchev–Trinajstić information content (AvgIpc) is 2.33. The number of hydrogen-bond donors (Lipinski definition) is 1. The van der Waals surface area contributed by atoms with E-state index in [1.54, 1.807) is 12.1 Å². The van der Waals surface area contributed by atoms with Gasteiger partial charge in [0.15, 0.2) is 0 Å². The summed E-state index contributed by atoms with van der Waals surface area (Å²) in [6.45, 7) is 5.23. The molecule has 1 aliphatic rings. The number of rotatable bonds is 3. The molecule has 0 radical (unpaired) electrons. The quantitative estimate of drug-likeness (QED) is 0.839. The predicted molar refractivity (Wildman–Crippen MR) is 69.4 cm³/mol. The molecular weight excluding hydrogens is 213 g/mol. The van der Waals surface area contributed by atoms with Crippen molar-refractivity contribution in [3.05, 3.63) is 35.6 Å². The fraction of sp³-hybridized carbons (Fsp3) is 0.600. The SMILES string of the molecule is CCN[C@@]1(c2ccccc2F)CCCCC1C. The molecule has 0 aliphatic heterocycles. The molecule has 2 rings (SSSR count). The van der Waals surface area contributed by atoms with Crippen molar-refractivity contribution >= 4 is 0 Å². The van der Waals surface area contributed by atoms with Crippen molar-refractivity contribution in [2.75, 3.05) is 6.54 Å². The first kappa shape index (κ1) is 12.6. The van der Waals surface area contributed by atoms with E-state index in [2.05, 4.69) is 19.2 Å². The van der Waals surface area contributed by atoms with Gasteiger partial charge in [-0.25, -0.2) is 4.39 Å². The lowest BCUT2D eigenvalue weighted by atomic mass is 9.69. The molecule has 0 bridgehead atoms. The van der Waals surface area contributed by atoms with E-state index in [0.29, 0.717) is 5.92 Å². The minimum atomic E-state index is -0.154. The minimum Gasteiger partial charge on any atom is -0.307 e. The third-order valence-electron chi connectivity index (χ3n) is 4.15. The van der Waals surface area contributed by atoms with Crippen LogP contribution in [0, 0.1) is 11.7 Å². The largest absolute Gasteiger partial charge is 0.307 e. The van der Waals surface area contributed by atoms with E-state index < -0.39 is 0 Å². The summed E-state index contributed by atoms with van der Waals surface area (Å²) in [5.74, 6) is 0.426. The van der Waals surface area contributed by atoms with Crippen molar-refractivity contribution in [1.82, 2.24) is 5.32 Å². The van der Waals surface area contributed by atoms with E-state index in [0.717, 1.165) is 18.5 Å². The maximum atomic E-state index is 14.1. The van der Waals surface area contributed by atoms with Crippen LogP contribution >= 0.6 is 0 Å². The monoisotopic (exact) mass is 235 g/mol. The summed E-state index contributed by atoms with van der Waals surface area (Å²) in [7, 11) is 0. The zero-order valence-electron chi connectivity index (χ0n) is 10.8. The van der Waals surface area contributed by atoms with E-state index in [1.165, 1.54) is 19.3 Å². The molecule has 0 aromatic heterocycles. The van der Waals surface area contributed by atoms with Gasteiger partial charge in [0.25, 0.3) is 0 Å². The van der Waals surface area contributed by atoms with Crippen molar-refractivity contribution < 1.29 is 4.39 Å². The van der Waals surface area contributed by atoms with Crippen LogP contribution in [0.5, 0.6) is 0 Å². The van der Waals surface area contributed by atoms with Crippen LogP contribution < -0.4 is 5.32 Å². The number of benzene rings is 1. The number of halogens is 1. The molecule has 1 aromatic rings. The average molecular weight is 235 g/mol. The zero-order valence-corrected chi connectivity index (χ0v) is 10.8. The summed E-state index contributed by atoms with van der Waals surface area (Å²) in [5, 5.41) is 3.56. The van der Waals surface area contributed by atoms with Crippen LogP contribution in [0.4, 0.5) is 4.39 Å². The highest BCUT2D eigenvalue weighted by atomic mass is 19.1. The van der Waals surface area contributed by atoms with E-state index in [-0.39, 0.29) is 11.4 Å². The summed E-state index contributed by atoms with van der Waals surface area (Å²) in [4.78, 5) is 0. The highest BCUT2D eigenvalue weighted by Crippen LogP contribution is 2.42. The van der Waals surface area contributed by atoms with Gasteiger partial charge in [0.2, 0.25) is 0 Å². The topological polar surface area (TPSA) is 12.0 Å². The molecule has 0 amide bonds. The van der Waals surface area contributed by atoms with Crippen molar-refractivity contribution in [2.24, 2.45) is 5.92 Å². The summed E-state index contributed by atoms with van der Waals surface area (Å²) < 4.78 is 14.1. The summed E-state index contributed by atoms with van der Waals surface area (Å²) >= 11 is 0. The summed E-state index contributed by atoms with van der Waals surface area (Å²) in [5.41, 5.74) is 0.701. The Morgan fingerprint density at radius 2 is 2.12 bits per heavy atom. The van der Waals surface area contributed by atoms with Gasteiger partial charge in [0.1, 0.15) is 5.82 Å². The van der Waals surface area contributed by atoms with Gasteiger partial charge in [-0.3, -0.25) is 0 Å². The van der Waals surface area contributed by atoms with Crippen LogP contribution in [-0.2, 0) is 5.54 Å².